The molecule has 2 nitrogen and oxygen atoms in total. The fourth-order valence-electron chi connectivity index (χ4n) is 10.2. The Morgan fingerprint density at radius 3 is 2.09 bits per heavy atom. The van der Waals surface area contributed by atoms with Crippen LogP contribution in [-0.4, -0.2) is 14.4 Å². The molecule has 4 aliphatic rings. The minimum atomic E-state index is -0.520. The molecular weight excluding hydrogens is 681 g/mol. The molecule has 0 N–H and O–H groups in total. The highest BCUT2D eigenvalue weighted by atomic mass is 32.2. The number of benzene rings is 7. The molecule has 3 atom stereocenters. The predicted octanol–water partition coefficient (Wildman–Crippen LogP) is 12.7. The Labute approximate surface area is 315 Å². The summed E-state index contributed by atoms with van der Waals surface area (Å²) in [4.78, 5) is 4.04. The highest BCUT2D eigenvalue weighted by Gasteiger charge is 2.49. The Hall–Kier alpha value is -5.68. The molecule has 9 aromatic rings. The quantitative estimate of drug-likeness (QED) is 0.168. The van der Waals surface area contributed by atoms with Gasteiger partial charge in [0.2, 0.25) is 0 Å². The number of aromatic nitrogens is 2. The van der Waals surface area contributed by atoms with E-state index in [4.69, 9.17) is 0 Å². The van der Waals surface area contributed by atoms with E-state index in [1.165, 1.54) is 97.5 Å². The monoisotopic (exact) mass is 710 g/mol. The van der Waals surface area contributed by atoms with Gasteiger partial charge in [-0.2, -0.15) is 0 Å². The van der Waals surface area contributed by atoms with E-state index in [9.17, 15) is 0 Å². The average Bonchev–Trinajstić information content (AvgIpc) is 3.87. The number of fused-ring (bicyclic) bond motifs is 17. The van der Waals surface area contributed by atoms with E-state index in [-0.39, 0.29) is 0 Å². The summed E-state index contributed by atoms with van der Waals surface area (Å²) in [5.41, 5.74) is 13.8. The molecule has 0 radical (unpaired) electrons. The Kier molecular flexibility index (Phi) is 5.58. The van der Waals surface area contributed by atoms with Crippen molar-refractivity contribution in [2.24, 2.45) is 0 Å². The van der Waals surface area contributed by atoms with Gasteiger partial charge in [-0.25, -0.2) is 0 Å². The van der Waals surface area contributed by atoms with E-state index in [0.29, 0.717) is 11.2 Å². The van der Waals surface area contributed by atoms with Crippen LogP contribution in [0.15, 0.2) is 185 Å². The SMILES string of the molecule is C1=CC2Sc3ccc(-n4c5ccccc5c5cc6c(cc54)C4(c5ccccc5S6)c5ccccc5-n5c6ccccc6c6cccc4c65)cc3C2C=C1. The van der Waals surface area contributed by atoms with Crippen molar-refractivity contribution >= 4 is 67.1 Å². The maximum Gasteiger partial charge on any atom is 0.0765 e. The Balaban J connectivity index is 1.18. The van der Waals surface area contributed by atoms with Crippen molar-refractivity contribution in [1.29, 1.82) is 0 Å². The van der Waals surface area contributed by atoms with Gasteiger partial charge in [0.25, 0.3) is 0 Å². The fraction of sp³-hybridized carbons (Fsp3) is 0.0612. The van der Waals surface area contributed by atoms with Crippen LogP contribution in [0.3, 0.4) is 0 Å². The molecule has 0 saturated carbocycles. The number of hydrogen-bond acceptors (Lipinski definition) is 2. The second-order valence-electron chi connectivity index (χ2n) is 14.7. The molecule has 4 heteroatoms. The molecule has 53 heavy (non-hydrogen) atoms. The first-order valence-corrected chi connectivity index (χ1v) is 20.1. The summed E-state index contributed by atoms with van der Waals surface area (Å²) in [5, 5.41) is 5.66. The van der Waals surface area contributed by atoms with Gasteiger partial charge >= 0.3 is 0 Å². The van der Waals surface area contributed by atoms with Crippen LogP contribution in [0, 0.1) is 0 Å². The lowest BCUT2D eigenvalue weighted by atomic mass is 9.62. The average molecular weight is 711 g/mol. The number of rotatable bonds is 1. The van der Waals surface area contributed by atoms with Gasteiger partial charge in [0.15, 0.2) is 0 Å². The van der Waals surface area contributed by atoms with E-state index in [1.54, 1.807) is 0 Å². The number of allylic oxidation sites excluding steroid dienone is 3. The molecule has 248 valence electrons. The first-order chi connectivity index (χ1) is 26.3. The van der Waals surface area contributed by atoms with E-state index in [1.807, 2.05) is 23.5 Å². The minimum Gasteiger partial charge on any atom is -0.309 e. The molecule has 3 aliphatic heterocycles. The van der Waals surface area contributed by atoms with Gasteiger partial charge in [-0.05, 0) is 82.4 Å². The zero-order valence-electron chi connectivity index (χ0n) is 28.5. The summed E-state index contributed by atoms with van der Waals surface area (Å²) in [6.45, 7) is 0. The molecule has 5 heterocycles. The molecular formula is C49H30N2S2. The summed E-state index contributed by atoms with van der Waals surface area (Å²) in [6, 6.07) is 55.5. The molecule has 0 fully saturated rings. The second-order valence-corrected chi connectivity index (χ2v) is 17.0. The topological polar surface area (TPSA) is 9.86 Å². The largest absolute Gasteiger partial charge is 0.309 e. The van der Waals surface area contributed by atoms with Crippen molar-refractivity contribution in [2.75, 3.05) is 0 Å². The number of thioether (sulfide) groups is 1. The van der Waals surface area contributed by atoms with Gasteiger partial charge < -0.3 is 9.13 Å². The van der Waals surface area contributed by atoms with Crippen molar-refractivity contribution in [3.8, 4) is 11.4 Å². The number of para-hydroxylation sites is 4. The van der Waals surface area contributed by atoms with Crippen LogP contribution in [-0.2, 0) is 5.41 Å². The lowest BCUT2D eigenvalue weighted by Gasteiger charge is -2.45. The molecule has 13 rings (SSSR count). The maximum absolute atomic E-state index is 2.57. The van der Waals surface area contributed by atoms with Gasteiger partial charge in [-0.1, -0.05) is 127 Å². The standard InChI is InChI=1S/C49H30N2S2/c1-7-20-41-30(12-1)33-15-11-18-38-48(33)51(41)42-21-8-4-16-36(42)49(38)37-17-5-10-23-46(37)53-47-27-34-31-13-2-6-19-40(31)50(43(34)28-39(47)49)29-24-25-45-35(26-29)32-14-3-9-22-44(32)52-45/h1-28,32,44H. The summed E-state index contributed by atoms with van der Waals surface area (Å²) >= 11 is 3.92. The van der Waals surface area contributed by atoms with Gasteiger partial charge in [-0.15, -0.1) is 11.8 Å². The van der Waals surface area contributed by atoms with Crippen LogP contribution in [0.1, 0.15) is 33.7 Å². The third-order valence-electron chi connectivity index (χ3n) is 12.3. The lowest BCUT2D eigenvalue weighted by molar-refractivity contribution is 0.690. The fourth-order valence-corrected chi connectivity index (χ4v) is 12.8. The highest BCUT2D eigenvalue weighted by Crippen LogP contribution is 2.61. The molecule has 7 aromatic carbocycles. The van der Waals surface area contributed by atoms with Crippen LogP contribution in [0.5, 0.6) is 0 Å². The minimum absolute atomic E-state index is 0.406. The van der Waals surface area contributed by atoms with Crippen molar-refractivity contribution in [3.05, 3.63) is 198 Å². The zero-order valence-corrected chi connectivity index (χ0v) is 30.2. The smallest absolute Gasteiger partial charge is 0.0765 e. The van der Waals surface area contributed by atoms with Gasteiger partial charge in [0.1, 0.15) is 0 Å². The van der Waals surface area contributed by atoms with Crippen molar-refractivity contribution in [2.45, 2.75) is 31.3 Å². The summed E-state index contributed by atoms with van der Waals surface area (Å²) in [7, 11) is 0. The number of hydrogen-bond donors (Lipinski definition) is 0. The molecule has 1 aliphatic carbocycles. The van der Waals surface area contributed by atoms with Gasteiger partial charge in [0.05, 0.1) is 33.2 Å². The van der Waals surface area contributed by atoms with Crippen LogP contribution in [0.25, 0.3) is 55.0 Å². The van der Waals surface area contributed by atoms with Crippen LogP contribution < -0.4 is 0 Å². The Morgan fingerprint density at radius 2 is 1.19 bits per heavy atom. The van der Waals surface area contributed by atoms with Crippen molar-refractivity contribution in [1.82, 2.24) is 9.13 Å². The normalized spacial score (nSPS) is 20.2. The first-order valence-electron chi connectivity index (χ1n) is 18.4. The first kappa shape index (κ1) is 28.9. The van der Waals surface area contributed by atoms with Crippen LogP contribution >= 0.6 is 23.5 Å². The molecule has 2 aromatic heterocycles. The summed E-state index contributed by atoms with van der Waals surface area (Å²) < 4.78 is 5.07. The highest BCUT2D eigenvalue weighted by molar-refractivity contribution is 8.00. The van der Waals surface area contributed by atoms with E-state index in [2.05, 4.69) is 179 Å². The van der Waals surface area contributed by atoms with E-state index < -0.39 is 5.41 Å². The third-order valence-corrected chi connectivity index (χ3v) is 14.8. The summed E-state index contributed by atoms with van der Waals surface area (Å²) in [5.74, 6) is 0.406. The third kappa shape index (κ3) is 3.54. The molecule has 0 amide bonds. The van der Waals surface area contributed by atoms with E-state index >= 15 is 0 Å². The van der Waals surface area contributed by atoms with Crippen LogP contribution in [0.2, 0.25) is 0 Å². The van der Waals surface area contributed by atoms with Crippen molar-refractivity contribution in [3.63, 3.8) is 0 Å². The molecule has 1 spiro atoms. The summed E-state index contributed by atoms with van der Waals surface area (Å²) in [6.07, 6.45) is 9.16. The zero-order chi connectivity index (χ0) is 34.4. The molecule has 0 saturated heterocycles. The number of nitrogens with zero attached hydrogens (tertiary/aromatic N) is 2. The second kappa shape index (κ2) is 10.3. The Bertz CT molecular complexity index is 3160. The van der Waals surface area contributed by atoms with Gasteiger partial charge in [0, 0.05) is 53.1 Å². The predicted molar refractivity (Wildman–Crippen MR) is 222 cm³/mol. The maximum atomic E-state index is 2.57. The van der Waals surface area contributed by atoms with Crippen molar-refractivity contribution < 1.29 is 0 Å². The molecule has 3 unspecified atom stereocenters. The van der Waals surface area contributed by atoms with Gasteiger partial charge in [-0.3, -0.25) is 0 Å². The van der Waals surface area contributed by atoms with Crippen LogP contribution in [0.4, 0.5) is 0 Å². The molecule has 0 bridgehead atoms. The Morgan fingerprint density at radius 1 is 0.472 bits per heavy atom. The van der Waals surface area contributed by atoms with E-state index in [0.717, 1.165) is 0 Å². The lowest BCUT2D eigenvalue weighted by Crippen LogP contribution is -2.37.